The number of hydrogen-bond donors (Lipinski definition) is 1. The molecule has 0 fully saturated rings. The molecule has 0 atom stereocenters. The molecule has 0 bridgehead atoms. The predicted molar refractivity (Wildman–Crippen MR) is 116 cm³/mol. The number of sulfonamides is 1. The number of carbonyl (C=O) groups is 1. The Kier molecular flexibility index (Phi) is 8.70. The Morgan fingerprint density at radius 1 is 1.37 bits per heavy atom. The van der Waals surface area contributed by atoms with Crippen LogP contribution in [0.15, 0.2) is 44.8 Å². The molecule has 5 nitrogen and oxygen atoms in total. The third kappa shape index (κ3) is 7.05. The van der Waals surface area contributed by atoms with Crippen LogP contribution >= 0.6 is 15.9 Å². The first-order valence-electron chi connectivity index (χ1n) is 9.08. The number of amides is 1. The van der Waals surface area contributed by atoms with Gasteiger partial charge >= 0.3 is 0 Å². The second kappa shape index (κ2) is 9.85. The number of hydrogen-bond acceptors (Lipinski definition) is 3. The highest BCUT2D eigenvalue weighted by molar-refractivity contribution is 9.11. The second-order valence-electron chi connectivity index (χ2n) is 7.78. The van der Waals surface area contributed by atoms with Crippen molar-refractivity contribution >= 4 is 31.9 Å². The normalized spacial score (nSPS) is 16.4. The molecule has 1 aliphatic carbocycles. The van der Waals surface area contributed by atoms with E-state index in [4.69, 9.17) is 0 Å². The first kappa shape index (κ1) is 23.9. The van der Waals surface area contributed by atoms with Gasteiger partial charge in [0.05, 0.1) is 4.91 Å². The van der Waals surface area contributed by atoms with Crippen LogP contribution in [0, 0.1) is 5.41 Å². The molecule has 0 aliphatic heterocycles. The topological polar surface area (TPSA) is 66.5 Å². The van der Waals surface area contributed by atoms with Gasteiger partial charge in [-0.1, -0.05) is 67.4 Å². The monoisotopic (exact) mass is 458 g/mol. The van der Waals surface area contributed by atoms with E-state index in [1.54, 1.807) is 19.2 Å². The van der Waals surface area contributed by atoms with Crippen molar-refractivity contribution in [2.24, 2.45) is 5.41 Å². The summed E-state index contributed by atoms with van der Waals surface area (Å²) in [6, 6.07) is 0. The lowest BCUT2D eigenvalue weighted by molar-refractivity contribution is -0.117. The van der Waals surface area contributed by atoms with Gasteiger partial charge in [-0.2, -0.15) is 4.31 Å². The van der Waals surface area contributed by atoms with Crippen LogP contribution in [0.5, 0.6) is 0 Å². The number of halogens is 1. The van der Waals surface area contributed by atoms with Gasteiger partial charge in [0, 0.05) is 30.2 Å². The molecule has 0 saturated carbocycles. The van der Waals surface area contributed by atoms with Crippen LogP contribution in [-0.2, 0) is 14.8 Å². The smallest absolute Gasteiger partial charge is 0.251 e. The average Bonchev–Trinajstić information content (AvgIpc) is 2.78. The van der Waals surface area contributed by atoms with Crippen LogP contribution in [0.4, 0.5) is 0 Å². The number of carbonyl (C=O) groups excluding carboxylic acids is 1. The lowest BCUT2D eigenvalue weighted by atomic mass is 9.97. The molecule has 1 aliphatic rings. The summed E-state index contributed by atoms with van der Waals surface area (Å²) in [6.07, 6.45) is 8.06. The first-order valence-corrected chi connectivity index (χ1v) is 11.3. The fourth-order valence-electron chi connectivity index (χ4n) is 2.41. The second-order valence-corrected chi connectivity index (χ2v) is 10.8. The SMILES string of the molecule is C/C=C(\CC)CN(C)S(=O)(=O)C1=C(Br)CC=CC(C(=O)NCC(C)(C)C)=C1. The van der Waals surface area contributed by atoms with E-state index in [1.807, 2.05) is 40.7 Å². The highest BCUT2D eigenvalue weighted by Crippen LogP contribution is 2.29. The van der Waals surface area contributed by atoms with Crippen molar-refractivity contribution in [3.05, 3.63) is 44.8 Å². The van der Waals surface area contributed by atoms with E-state index >= 15 is 0 Å². The molecule has 0 radical (unpaired) electrons. The van der Waals surface area contributed by atoms with Gasteiger partial charge < -0.3 is 5.32 Å². The zero-order valence-electron chi connectivity index (χ0n) is 17.1. The summed E-state index contributed by atoms with van der Waals surface area (Å²) in [4.78, 5) is 12.7. The highest BCUT2D eigenvalue weighted by atomic mass is 79.9. The summed E-state index contributed by atoms with van der Waals surface area (Å²) in [5.74, 6) is -0.276. The van der Waals surface area contributed by atoms with Gasteiger partial charge in [0.2, 0.25) is 10.0 Å². The molecule has 0 heterocycles. The molecule has 0 spiro atoms. The van der Waals surface area contributed by atoms with Crippen molar-refractivity contribution in [3.8, 4) is 0 Å². The van der Waals surface area contributed by atoms with Gasteiger partial charge in [-0.3, -0.25) is 4.79 Å². The summed E-state index contributed by atoms with van der Waals surface area (Å²) in [6.45, 7) is 10.8. The number of rotatable bonds is 7. The lowest BCUT2D eigenvalue weighted by Gasteiger charge is -2.21. The maximum atomic E-state index is 13.1. The molecule has 1 rings (SSSR count). The van der Waals surface area contributed by atoms with Crippen molar-refractivity contribution in [2.75, 3.05) is 20.1 Å². The minimum atomic E-state index is -3.73. The van der Waals surface area contributed by atoms with Gasteiger partial charge in [0.25, 0.3) is 5.91 Å². The lowest BCUT2D eigenvalue weighted by Crippen LogP contribution is -2.33. The summed E-state index contributed by atoms with van der Waals surface area (Å²) in [5, 5.41) is 2.87. The van der Waals surface area contributed by atoms with Gasteiger partial charge in [-0.15, -0.1) is 0 Å². The maximum absolute atomic E-state index is 13.1. The van der Waals surface area contributed by atoms with Crippen LogP contribution in [-0.4, -0.2) is 38.8 Å². The number of likely N-dealkylation sites (N-methyl/N-ethyl adjacent to an activating group) is 1. The minimum absolute atomic E-state index is 0.0563. The predicted octanol–water partition coefficient (Wildman–Crippen LogP) is 4.26. The van der Waals surface area contributed by atoms with Gasteiger partial charge in [-0.25, -0.2) is 8.42 Å². The maximum Gasteiger partial charge on any atom is 0.251 e. The number of nitrogens with zero attached hydrogens (tertiary/aromatic N) is 1. The Morgan fingerprint density at radius 3 is 2.52 bits per heavy atom. The molecule has 1 amide bonds. The van der Waals surface area contributed by atoms with E-state index in [2.05, 4.69) is 21.2 Å². The average molecular weight is 459 g/mol. The Hall–Kier alpha value is -1.18. The molecular formula is C20H31BrN2O3S. The third-order valence-electron chi connectivity index (χ3n) is 4.17. The Morgan fingerprint density at radius 2 is 2.00 bits per heavy atom. The summed E-state index contributed by atoms with van der Waals surface area (Å²) < 4.78 is 28.1. The Labute approximate surface area is 172 Å². The van der Waals surface area contributed by atoms with Crippen molar-refractivity contribution in [1.82, 2.24) is 9.62 Å². The number of allylic oxidation sites excluding steroid dienone is 4. The Bertz CT molecular complexity index is 785. The fourth-order valence-corrected chi connectivity index (χ4v) is 4.63. The van der Waals surface area contributed by atoms with Crippen LogP contribution in [0.3, 0.4) is 0 Å². The Balaban J connectivity index is 3.18. The zero-order valence-corrected chi connectivity index (χ0v) is 19.5. The van der Waals surface area contributed by atoms with E-state index in [0.717, 1.165) is 12.0 Å². The molecule has 7 heteroatoms. The highest BCUT2D eigenvalue weighted by Gasteiger charge is 2.27. The van der Waals surface area contributed by atoms with Crippen LogP contribution in [0.2, 0.25) is 0 Å². The molecule has 1 N–H and O–H groups in total. The van der Waals surface area contributed by atoms with Gasteiger partial charge in [0.15, 0.2) is 0 Å². The van der Waals surface area contributed by atoms with Crippen molar-refractivity contribution < 1.29 is 13.2 Å². The molecule has 0 aromatic rings. The zero-order chi connectivity index (χ0) is 20.8. The molecule has 0 saturated heterocycles. The van der Waals surface area contributed by atoms with Crippen LogP contribution in [0.25, 0.3) is 0 Å². The van der Waals surface area contributed by atoms with Crippen LogP contribution < -0.4 is 5.32 Å². The van der Waals surface area contributed by atoms with E-state index in [1.165, 1.54) is 10.4 Å². The minimum Gasteiger partial charge on any atom is -0.352 e. The molecule has 0 unspecified atom stereocenters. The van der Waals surface area contributed by atoms with E-state index in [-0.39, 0.29) is 16.2 Å². The summed E-state index contributed by atoms with van der Waals surface area (Å²) >= 11 is 3.39. The first-order chi connectivity index (χ1) is 12.4. The summed E-state index contributed by atoms with van der Waals surface area (Å²) in [7, 11) is -2.17. The van der Waals surface area contributed by atoms with Crippen molar-refractivity contribution in [1.29, 1.82) is 0 Å². The van der Waals surface area contributed by atoms with E-state index in [9.17, 15) is 13.2 Å². The van der Waals surface area contributed by atoms with E-state index in [0.29, 0.717) is 29.6 Å². The molecular weight excluding hydrogens is 428 g/mol. The van der Waals surface area contributed by atoms with Crippen LogP contribution in [0.1, 0.15) is 47.5 Å². The number of nitrogens with one attached hydrogen (secondary N) is 1. The van der Waals surface area contributed by atoms with Gasteiger partial charge in [-0.05, 0) is 31.3 Å². The third-order valence-corrected chi connectivity index (χ3v) is 7.05. The largest absolute Gasteiger partial charge is 0.352 e. The molecule has 0 aromatic carbocycles. The van der Waals surface area contributed by atoms with Gasteiger partial charge in [0.1, 0.15) is 0 Å². The molecule has 27 heavy (non-hydrogen) atoms. The van der Waals surface area contributed by atoms with E-state index < -0.39 is 10.0 Å². The fraction of sp³-hybridized carbons (Fsp3) is 0.550. The van der Waals surface area contributed by atoms with Crippen molar-refractivity contribution in [2.45, 2.75) is 47.5 Å². The quantitative estimate of drug-likeness (QED) is 0.579. The molecule has 0 aromatic heterocycles. The molecule has 152 valence electrons. The standard InChI is InChI=1S/C20H31BrN2O3S/c1-7-15(8-2)13-23(6)27(25,26)18-12-16(10-9-11-17(18)21)19(24)22-14-20(3,4)5/h7,9-10,12H,8,11,13-14H2,1-6H3,(H,22,24)/b15-7+. The summed E-state index contributed by atoms with van der Waals surface area (Å²) in [5.41, 5.74) is 1.32. The van der Waals surface area contributed by atoms with Crippen molar-refractivity contribution in [3.63, 3.8) is 0 Å².